The molecular weight excluding hydrogens is 362 g/mol. The third kappa shape index (κ3) is 3.72. The van der Waals surface area contributed by atoms with Crippen LogP contribution < -0.4 is 4.74 Å². The van der Waals surface area contributed by atoms with Crippen molar-refractivity contribution in [3.05, 3.63) is 61.6 Å². The Morgan fingerprint density at radius 2 is 2.00 bits per heavy atom. The van der Waals surface area contributed by atoms with Crippen LogP contribution in [-0.4, -0.2) is 10.0 Å². The average Bonchev–Trinajstić information content (AvgIpc) is 2.42. The van der Waals surface area contributed by atoms with Crippen LogP contribution in [0.1, 0.15) is 18.6 Å². The van der Waals surface area contributed by atoms with Crippen molar-refractivity contribution in [1.29, 1.82) is 0 Å². The number of nitrogens with zero attached hydrogens (tertiary/aromatic N) is 1. The Balaban J connectivity index is 2.43. The van der Waals surface area contributed by atoms with E-state index in [2.05, 4.69) is 15.9 Å². The molecule has 0 aliphatic heterocycles. The number of non-ortho nitro benzene ring substituents is 1. The maximum absolute atomic E-state index is 10.8. The second-order valence-electron chi connectivity index (χ2n) is 4.33. The van der Waals surface area contributed by atoms with Gasteiger partial charge in [0.2, 0.25) is 0 Å². The Labute approximate surface area is 134 Å². The van der Waals surface area contributed by atoms with Crippen LogP contribution in [-0.2, 0) is 0 Å². The number of aliphatic hydroxyl groups excluding tert-OH is 1. The van der Waals surface area contributed by atoms with Crippen LogP contribution in [0.4, 0.5) is 5.69 Å². The second kappa shape index (κ2) is 6.43. The molecule has 0 radical (unpaired) electrons. The van der Waals surface area contributed by atoms with Crippen LogP contribution in [0, 0.1) is 10.1 Å². The second-order valence-corrected chi connectivity index (χ2v) is 5.65. The van der Waals surface area contributed by atoms with E-state index in [1.165, 1.54) is 18.2 Å². The monoisotopic (exact) mass is 371 g/mol. The predicted octanol–water partition coefficient (Wildman–Crippen LogP) is 4.86. The Hall–Kier alpha value is -1.63. The zero-order valence-corrected chi connectivity index (χ0v) is 13.3. The van der Waals surface area contributed by atoms with E-state index in [4.69, 9.17) is 16.3 Å². The SMILES string of the molecule is CC(O)c1cc(Br)ccc1Oc1cc([N+](=O)[O-])ccc1Cl. The summed E-state index contributed by atoms with van der Waals surface area (Å²) in [5, 5.41) is 20.8. The van der Waals surface area contributed by atoms with Gasteiger partial charge < -0.3 is 9.84 Å². The summed E-state index contributed by atoms with van der Waals surface area (Å²) in [6, 6.07) is 9.05. The molecule has 110 valence electrons. The summed E-state index contributed by atoms with van der Waals surface area (Å²) in [6.45, 7) is 1.60. The average molecular weight is 373 g/mol. The normalized spacial score (nSPS) is 12.0. The number of halogens is 2. The van der Waals surface area contributed by atoms with E-state index in [1.807, 2.05) is 0 Å². The smallest absolute Gasteiger partial charge is 0.273 e. The van der Waals surface area contributed by atoms with E-state index < -0.39 is 11.0 Å². The van der Waals surface area contributed by atoms with E-state index in [0.717, 1.165) is 4.47 Å². The first-order chi connectivity index (χ1) is 9.88. The molecule has 0 amide bonds. The number of benzene rings is 2. The van der Waals surface area contributed by atoms with Crippen LogP contribution in [0.5, 0.6) is 11.5 Å². The van der Waals surface area contributed by atoms with E-state index >= 15 is 0 Å². The number of aliphatic hydroxyl groups is 1. The Morgan fingerprint density at radius 3 is 2.62 bits per heavy atom. The molecule has 0 bridgehead atoms. The van der Waals surface area contributed by atoms with Crippen molar-refractivity contribution in [2.24, 2.45) is 0 Å². The molecule has 0 aliphatic rings. The van der Waals surface area contributed by atoms with Crippen molar-refractivity contribution in [3.8, 4) is 11.5 Å². The fraction of sp³-hybridized carbons (Fsp3) is 0.143. The Morgan fingerprint density at radius 1 is 1.29 bits per heavy atom. The van der Waals surface area contributed by atoms with Gasteiger partial charge in [-0.25, -0.2) is 0 Å². The van der Waals surface area contributed by atoms with Crippen molar-refractivity contribution in [2.75, 3.05) is 0 Å². The fourth-order valence-corrected chi connectivity index (χ4v) is 2.28. The van der Waals surface area contributed by atoms with Gasteiger partial charge in [0.05, 0.1) is 22.1 Å². The molecule has 1 N–H and O–H groups in total. The number of nitro groups is 1. The summed E-state index contributed by atoms with van der Waals surface area (Å²) < 4.78 is 6.42. The van der Waals surface area contributed by atoms with Gasteiger partial charge in [-0.15, -0.1) is 0 Å². The minimum absolute atomic E-state index is 0.120. The molecule has 2 aromatic carbocycles. The minimum Gasteiger partial charge on any atom is -0.455 e. The van der Waals surface area contributed by atoms with E-state index in [0.29, 0.717) is 11.3 Å². The van der Waals surface area contributed by atoms with Crippen LogP contribution in [0.25, 0.3) is 0 Å². The number of hydrogen-bond donors (Lipinski definition) is 1. The van der Waals surface area contributed by atoms with Gasteiger partial charge in [-0.1, -0.05) is 27.5 Å². The van der Waals surface area contributed by atoms with Crippen LogP contribution in [0.2, 0.25) is 5.02 Å². The number of rotatable bonds is 4. The van der Waals surface area contributed by atoms with Crippen molar-refractivity contribution >= 4 is 33.2 Å². The fourth-order valence-electron chi connectivity index (χ4n) is 1.74. The van der Waals surface area contributed by atoms with E-state index in [-0.39, 0.29) is 16.5 Å². The first kappa shape index (κ1) is 15.8. The molecule has 0 heterocycles. The Bertz CT molecular complexity index is 691. The largest absolute Gasteiger partial charge is 0.455 e. The van der Waals surface area contributed by atoms with Gasteiger partial charge in [0, 0.05) is 16.1 Å². The first-order valence-corrected chi connectivity index (χ1v) is 7.15. The van der Waals surface area contributed by atoms with Gasteiger partial charge in [-0.05, 0) is 31.2 Å². The topological polar surface area (TPSA) is 72.6 Å². The molecule has 2 aromatic rings. The highest BCUT2D eigenvalue weighted by molar-refractivity contribution is 9.10. The summed E-state index contributed by atoms with van der Waals surface area (Å²) in [4.78, 5) is 10.3. The molecule has 0 aromatic heterocycles. The van der Waals surface area contributed by atoms with E-state index in [1.54, 1.807) is 25.1 Å². The van der Waals surface area contributed by atoms with Crippen LogP contribution in [0.15, 0.2) is 40.9 Å². The van der Waals surface area contributed by atoms with Gasteiger partial charge in [-0.3, -0.25) is 10.1 Å². The summed E-state index contributed by atoms with van der Waals surface area (Å²) in [5.41, 5.74) is 0.428. The molecule has 21 heavy (non-hydrogen) atoms. The maximum Gasteiger partial charge on any atom is 0.273 e. The van der Waals surface area contributed by atoms with Gasteiger partial charge in [-0.2, -0.15) is 0 Å². The summed E-state index contributed by atoms with van der Waals surface area (Å²) in [6.07, 6.45) is -0.755. The molecule has 1 unspecified atom stereocenters. The molecule has 7 heteroatoms. The molecule has 0 spiro atoms. The highest BCUT2D eigenvalue weighted by Gasteiger charge is 2.15. The van der Waals surface area contributed by atoms with Crippen molar-refractivity contribution in [3.63, 3.8) is 0 Å². The van der Waals surface area contributed by atoms with Crippen molar-refractivity contribution in [1.82, 2.24) is 0 Å². The maximum atomic E-state index is 10.8. The Kier molecular flexibility index (Phi) is 4.82. The highest BCUT2D eigenvalue weighted by atomic mass is 79.9. The summed E-state index contributed by atoms with van der Waals surface area (Å²) in [5.74, 6) is 0.547. The quantitative estimate of drug-likeness (QED) is 0.614. The molecule has 5 nitrogen and oxygen atoms in total. The first-order valence-electron chi connectivity index (χ1n) is 5.98. The molecule has 1 atom stereocenters. The van der Waals surface area contributed by atoms with Crippen LogP contribution in [0.3, 0.4) is 0 Å². The van der Waals surface area contributed by atoms with E-state index in [9.17, 15) is 15.2 Å². The standard InChI is InChI=1S/C14H11BrClNO4/c1-8(18)11-6-9(15)2-5-13(11)21-14-7-10(17(19)20)3-4-12(14)16/h2-8,18H,1H3. The zero-order valence-electron chi connectivity index (χ0n) is 10.9. The van der Waals surface area contributed by atoms with Crippen molar-refractivity contribution in [2.45, 2.75) is 13.0 Å². The summed E-state index contributed by atoms with van der Waals surface area (Å²) in [7, 11) is 0. The lowest BCUT2D eigenvalue weighted by molar-refractivity contribution is -0.384. The molecule has 0 aliphatic carbocycles. The van der Waals surface area contributed by atoms with Crippen molar-refractivity contribution < 1.29 is 14.8 Å². The molecule has 2 rings (SSSR count). The molecule has 0 saturated carbocycles. The van der Waals surface area contributed by atoms with Gasteiger partial charge in [0.1, 0.15) is 5.75 Å². The highest BCUT2D eigenvalue weighted by Crippen LogP contribution is 2.36. The van der Waals surface area contributed by atoms with Crippen LogP contribution >= 0.6 is 27.5 Å². The lowest BCUT2D eigenvalue weighted by Gasteiger charge is -2.14. The molecular formula is C14H11BrClNO4. The van der Waals surface area contributed by atoms with Gasteiger partial charge in [0.15, 0.2) is 5.75 Å². The van der Waals surface area contributed by atoms with Gasteiger partial charge in [0.25, 0.3) is 5.69 Å². The predicted molar refractivity (Wildman–Crippen MR) is 83.0 cm³/mol. The number of hydrogen-bond acceptors (Lipinski definition) is 4. The number of nitro benzene ring substituents is 1. The van der Waals surface area contributed by atoms with Gasteiger partial charge >= 0.3 is 0 Å². The lowest BCUT2D eigenvalue weighted by atomic mass is 10.1. The third-order valence-electron chi connectivity index (χ3n) is 2.77. The summed E-state index contributed by atoms with van der Waals surface area (Å²) >= 11 is 9.31. The number of ether oxygens (including phenoxy) is 1. The zero-order chi connectivity index (χ0) is 15.6. The third-order valence-corrected chi connectivity index (χ3v) is 3.57. The minimum atomic E-state index is -0.755. The lowest BCUT2D eigenvalue weighted by Crippen LogP contribution is -1.97. The molecule has 0 fully saturated rings. The molecule has 0 saturated heterocycles.